The molecule has 1 aliphatic heterocycles. The molecule has 8 heteroatoms. The largest absolute Gasteiger partial charge is 0.396 e. The number of nitrogens with zero attached hydrogens (tertiary/aromatic N) is 1. The van der Waals surface area contributed by atoms with Crippen molar-refractivity contribution in [2.75, 3.05) is 18.8 Å². The Kier molecular flexibility index (Phi) is 4.24. The monoisotopic (exact) mass is 322 g/mol. The second kappa shape index (κ2) is 5.48. The summed E-state index contributed by atoms with van der Waals surface area (Å²) in [5.41, 5.74) is 5.15. The summed E-state index contributed by atoms with van der Waals surface area (Å²) < 4.78 is 45.7. The normalized spacial score (nSPS) is 24.8. The van der Waals surface area contributed by atoms with E-state index in [2.05, 4.69) is 0 Å². The lowest BCUT2D eigenvalue weighted by Gasteiger charge is -2.34. The second-order valence-corrected chi connectivity index (χ2v) is 7.23. The van der Waals surface area contributed by atoms with Crippen LogP contribution >= 0.6 is 11.6 Å². The Morgan fingerprint density at radius 2 is 1.90 bits per heavy atom. The van der Waals surface area contributed by atoms with Gasteiger partial charge in [-0.15, -0.1) is 0 Å². The fraction of sp³-hybridized carbons (Fsp3) is 0.500. The first-order valence-electron chi connectivity index (χ1n) is 6.12. The number of nitrogen functional groups attached to an aromatic ring is 1. The average Bonchev–Trinajstić information content (AvgIpc) is 2.32. The summed E-state index contributed by atoms with van der Waals surface area (Å²) in [4.78, 5) is -0.496. The van der Waals surface area contributed by atoms with Gasteiger partial charge in [0.1, 0.15) is 4.90 Å². The molecule has 1 aromatic carbocycles. The van der Waals surface area contributed by atoms with Gasteiger partial charge in [-0.05, 0) is 26.0 Å². The Balaban J connectivity index is 2.45. The van der Waals surface area contributed by atoms with Gasteiger partial charge in [0.05, 0.1) is 17.9 Å². The van der Waals surface area contributed by atoms with E-state index in [-0.39, 0.29) is 36.0 Å². The third-order valence-corrected chi connectivity index (χ3v) is 5.09. The van der Waals surface area contributed by atoms with Crippen molar-refractivity contribution in [3.63, 3.8) is 0 Å². The summed E-state index contributed by atoms with van der Waals surface area (Å²) in [6.07, 6.45) is -0.513. The maximum atomic E-state index is 14.0. The molecule has 1 aliphatic rings. The van der Waals surface area contributed by atoms with Crippen molar-refractivity contribution in [2.45, 2.75) is 31.0 Å². The summed E-state index contributed by atoms with van der Waals surface area (Å²) in [6, 6.07) is 2.26. The molecule has 0 saturated carbocycles. The van der Waals surface area contributed by atoms with Gasteiger partial charge in [0.2, 0.25) is 10.0 Å². The van der Waals surface area contributed by atoms with Crippen molar-refractivity contribution in [1.29, 1.82) is 0 Å². The number of hydrogen-bond acceptors (Lipinski definition) is 4. The maximum Gasteiger partial charge on any atom is 0.246 e. The molecule has 2 atom stereocenters. The molecule has 0 amide bonds. The fourth-order valence-electron chi connectivity index (χ4n) is 2.24. The molecule has 2 N–H and O–H groups in total. The van der Waals surface area contributed by atoms with Crippen molar-refractivity contribution >= 4 is 27.3 Å². The highest BCUT2D eigenvalue weighted by atomic mass is 35.5. The van der Waals surface area contributed by atoms with E-state index >= 15 is 0 Å². The lowest BCUT2D eigenvalue weighted by atomic mass is 10.3. The van der Waals surface area contributed by atoms with Crippen molar-refractivity contribution in [3.8, 4) is 0 Å². The first-order valence-corrected chi connectivity index (χ1v) is 7.93. The third kappa shape index (κ3) is 2.90. The zero-order valence-electron chi connectivity index (χ0n) is 11.1. The highest BCUT2D eigenvalue weighted by Gasteiger charge is 2.34. The number of nitrogens with two attached hydrogens (primary N) is 1. The summed E-state index contributed by atoms with van der Waals surface area (Å²) in [5.74, 6) is -0.971. The third-order valence-electron chi connectivity index (χ3n) is 3.04. The molecule has 0 spiro atoms. The van der Waals surface area contributed by atoms with Crippen LogP contribution in [-0.2, 0) is 14.8 Å². The van der Waals surface area contributed by atoms with E-state index in [1.807, 2.05) is 0 Å². The van der Waals surface area contributed by atoms with Gasteiger partial charge in [0.15, 0.2) is 5.82 Å². The topological polar surface area (TPSA) is 72.6 Å². The van der Waals surface area contributed by atoms with Crippen molar-refractivity contribution in [3.05, 3.63) is 23.0 Å². The minimum absolute atomic E-state index is 0.0804. The molecule has 0 bridgehead atoms. The number of rotatable bonds is 2. The van der Waals surface area contributed by atoms with Crippen LogP contribution in [-0.4, -0.2) is 38.0 Å². The standard InChI is InChI=1S/C12H16ClFN2O3S/c1-7-5-16(6-8(2)19-7)20(17,18)11-4-9(13)3-10(15)12(11)14/h3-4,7-8H,5-6,15H2,1-2H3. The SMILES string of the molecule is CC1CN(S(=O)(=O)c2cc(Cl)cc(N)c2F)CC(C)O1. The molecule has 2 rings (SSSR count). The fourth-order valence-corrected chi connectivity index (χ4v) is 4.24. The number of ether oxygens (including phenoxy) is 1. The molecular weight excluding hydrogens is 307 g/mol. The summed E-state index contributed by atoms with van der Waals surface area (Å²) in [5, 5.41) is 0.0804. The van der Waals surface area contributed by atoms with Crippen LogP contribution in [0.15, 0.2) is 17.0 Å². The molecule has 1 aromatic rings. The van der Waals surface area contributed by atoms with Gasteiger partial charge in [-0.2, -0.15) is 4.31 Å². The number of hydrogen-bond donors (Lipinski definition) is 1. The lowest BCUT2D eigenvalue weighted by Crippen LogP contribution is -2.48. The predicted molar refractivity (Wildman–Crippen MR) is 74.6 cm³/mol. The van der Waals surface area contributed by atoms with E-state index in [0.29, 0.717) is 0 Å². The molecule has 112 valence electrons. The smallest absolute Gasteiger partial charge is 0.246 e. The second-order valence-electron chi connectivity index (χ2n) is 4.89. The van der Waals surface area contributed by atoms with Crippen LogP contribution in [0.1, 0.15) is 13.8 Å². The van der Waals surface area contributed by atoms with Crippen LogP contribution in [0.5, 0.6) is 0 Å². The van der Waals surface area contributed by atoms with Gasteiger partial charge in [-0.1, -0.05) is 11.6 Å². The Morgan fingerprint density at radius 3 is 2.45 bits per heavy atom. The summed E-state index contributed by atoms with van der Waals surface area (Å²) >= 11 is 5.77. The van der Waals surface area contributed by atoms with Gasteiger partial charge in [0, 0.05) is 18.1 Å². The zero-order chi connectivity index (χ0) is 15.1. The number of sulfonamides is 1. The van der Waals surface area contributed by atoms with Crippen LogP contribution < -0.4 is 5.73 Å². The van der Waals surface area contributed by atoms with Crippen molar-refractivity contribution in [2.24, 2.45) is 0 Å². The van der Waals surface area contributed by atoms with E-state index in [4.69, 9.17) is 22.1 Å². The van der Waals surface area contributed by atoms with E-state index in [1.165, 1.54) is 10.4 Å². The molecule has 20 heavy (non-hydrogen) atoms. The highest BCUT2D eigenvalue weighted by molar-refractivity contribution is 7.89. The molecule has 1 saturated heterocycles. The minimum atomic E-state index is -3.99. The number of morpholine rings is 1. The number of halogens is 2. The van der Waals surface area contributed by atoms with E-state index < -0.39 is 20.7 Å². The number of benzene rings is 1. The molecule has 1 fully saturated rings. The Bertz CT molecular complexity index is 613. The molecular formula is C12H16ClFN2O3S. The van der Waals surface area contributed by atoms with Gasteiger partial charge in [0.25, 0.3) is 0 Å². The van der Waals surface area contributed by atoms with E-state index in [9.17, 15) is 12.8 Å². The molecule has 1 heterocycles. The van der Waals surface area contributed by atoms with Crippen LogP contribution in [0.3, 0.4) is 0 Å². The van der Waals surface area contributed by atoms with Crippen LogP contribution in [0.25, 0.3) is 0 Å². The first kappa shape index (κ1) is 15.5. The summed E-state index contributed by atoms with van der Waals surface area (Å²) in [6.45, 7) is 3.86. The predicted octanol–water partition coefficient (Wildman–Crippen LogP) is 1.86. The molecule has 0 aromatic heterocycles. The molecule has 0 aliphatic carbocycles. The van der Waals surface area contributed by atoms with Gasteiger partial charge in [-0.25, -0.2) is 12.8 Å². The molecule has 2 unspecified atom stereocenters. The van der Waals surface area contributed by atoms with Gasteiger partial charge >= 0.3 is 0 Å². The first-order chi connectivity index (χ1) is 9.21. The van der Waals surface area contributed by atoms with E-state index in [1.54, 1.807) is 13.8 Å². The Hall–Kier alpha value is -0.890. The lowest BCUT2D eigenvalue weighted by molar-refractivity contribution is -0.0441. The van der Waals surface area contributed by atoms with Crippen molar-refractivity contribution < 1.29 is 17.5 Å². The van der Waals surface area contributed by atoms with Crippen LogP contribution in [0.4, 0.5) is 10.1 Å². The van der Waals surface area contributed by atoms with Gasteiger partial charge in [-0.3, -0.25) is 0 Å². The zero-order valence-corrected chi connectivity index (χ0v) is 12.7. The van der Waals surface area contributed by atoms with Crippen LogP contribution in [0, 0.1) is 5.82 Å². The summed E-state index contributed by atoms with van der Waals surface area (Å²) in [7, 11) is -3.99. The van der Waals surface area contributed by atoms with Crippen molar-refractivity contribution in [1.82, 2.24) is 4.31 Å². The average molecular weight is 323 g/mol. The molecule has 5 nitrogen and oxygen atoms in total. The highest BCUT2D eigenvalue weighted by Crippen LogP contribution is 2.29. The van der Waals surface area contributed by atoms with Gasteiger partial charge < -0.3 is 10.5 Å². The Labute approximate surface area is 122 Å². The van der Waals surface area contributed by atoms with Crippen LogP contribution in [0.2, 0.25) is 5.02 Å². The maximum absolute atomic E-state index is 14.0. The Morgan fingerprint density at radius 1 is 1.35 bits per heavy atom. The number of anilines is 1. The van der Waals surface area contributed by atoms with E-state index in [0.717, 1.165) is 6.07 Å². The minimum Gasteiger partial charge on any atom is -0.396 e. The quantitative estimate of drug-likeness (QED) is 0.844. The molecule has 0 radical (unpaired) electrons.